The van der Waals surface area contributed by atoms with Crippen molar-refractivity contribution in [1.29, 1.82) is 0 Å². The molecule has 0 unspecified atom stereocenters. The Bertz CT molecular complexity index is 1470. The number of carbonyl (C=O) groups is 2. The number of halogens is 6. The molecular formula is C27H25F6IrN4O4P-2. The first-order valence-corrected chi connectivity index (χ1v) is 14.0. The zero-order chi connectivity index (χ0) is 31.8. The average molecular weight is 807 g/mol. The van der Waals surface area contributed by atoms with Crippen molar-refractivity contribution in [2.24, 2.45) is 0 Å². The molecule has 0 spiro atoms. The number of pyridine rings is 2. The maximum Gasteiger partial charge on any atom is 0.337 e. The normalized spacial score (nSPS) is 12.1. The summed E-state index contributed by atoms with van der Waals surface area (Å²) < 4.78 is 59.2. The van der Waals surface area contributed by atoms with Gasteiger partial charge in [-0.25, -0.2) is 9.59 Å². The van der Waals surface area contributed by atoms with Gasteiger partial charge in [-0.15, -0.1) is 34.9 Å². The smallest absolute Gasteiger partial charge is 0.337 e. The standard InChI is InChI=1S/C15H17N2.C12H8N2O4.F6P.Ir/c1-4-5-13-9-16-15(17-10-13)14-7-6-11(2)12(3)8-14;15-11(16)7-1-3-9(13-5-7)10-4-2-8(6-14-10)12(17)18;1-7(2,3,4,5)6;/h6,8-10H,4-5H2,1-3H3;1-6H,(H,15,16)(H,17,18);;/q-1;;-1;. The van der Waals surface area contributed by atoms with Crippen LogP contribution in [0.5, 0.6) is 0 Å². The molecule has 1 aromatic carbocycles. The molecule has 0 aliphatic heterocycles. The van der Waals surface area contributed by atoms with Crippen molar-refractivity contribution in [3.05, 3.63) is 95.1 Å². The van der Waals surface area contributed by atoms with Crippen molar-refractivity contribution in [1.82, 2.24) is 19.9 Å². The van der Waals surface area contributed by atoms with Crippen LogP contribution in [-0.4, -0.2) is 42.1 Å². The molecule has 8 nitrogen and oxygen atoms in total. The van der Waals surface area contributed by atoms with Crippen LogP contribution in [0, 0.1) is 19.9 Å². The predicted molar refractivity (Wildman–Crippen MR) is 145 cm³/mol. The van der Waals surface area contributed by atoms with E-state index in [9.17, 15) is 34.8 Å². The summed E-state index contributed by atoms with van der Waals surface area (Å²) in [5.41, 5.74) is 5.79. The molecular weight excluding hydrogens is 782 g/mol. The number of carboxylic acids is 2. The van der Waals surface area contributed by atoms with Gasteiger partial charge in [-0.2, -0.15) is 0 Å². The summed E-state index contributed by atoms with van der Waals surface area (Å²) in [6, 6.07) is 13.2. The summed E-state index contributed by atoms with van der Waals surface area (Å²) in [5, 5.41) is 17.4. The molecule has 0 bridgehead atoms. The van der Waals surface area contributed by atoms with E-state index >= 15 is 0 Å². The first-order chi connectivity index (χ1) is 19.2. The first-order valence-electron chi connectivity index (χ1n) is 12.0. The van der Waals surface area contributed by atoms with Gasteiger partial charge in [-0.3, -0.25) is 19.9 Å². The van der Waals surface area contributed by atoms with Gasteiger partial charge in [0.05, 0.1) is 28.3 Å². The summed E-state index contributed by atoms with van der Waals surface area (Å²) in [4.78, 5) is 38.0. The predicted octanol–water partition coefficient (Wildman–Crippen LogP) is 8.43. The Hall–Kier alpha value is -3.80. The van der Waals surface area contributed by atoms with Gasteiger partial charge >= 0.3 is 44.9 Å². The molecule has 0 saturated heterocycles. The van der Waals surface area contributed by atoms with Gasteiger partial charge in [-0.05, 0) is 36.2 Å². The van der Waals surface area contributed by atoms with E-state index < -0.39 is 19.7 Å². The van der Waals surface area contributed by atoms with Crippen LogP contribution in [0.1, 0.15) is 50.8 Å². The molecule has 4 rings (SSSR count). The minimum atomic E-state index is -10.7. The molecule has 43 heavy (non-hydrogen) atoms. The second-order valence-electron chi connectivity index (χ2n) is 8.81. The van der Waals surface area contributed by atoms with Gasteiger partial charge in [0.2, 0.25) is 0 Å². The SMILES string of the molecule is CCCc1cnc(-c2[c-]cc(C)c(C)c2)nc1.F[P-](F)(F)(F)(F)F.O=C(O)c1ccc(-c2ccc(C(=O)O)cn2)nc1.[Ir]. The first kappa shape index (κ1) is 37.2. The van der Waals surface area contributed by atoms with Crippen LogP contribution in [0.25, 0.3) is 22.8 Å². The number of rotatable bonds is 6. The van der Waals surface area contributed by atoms with E-state index in [2.05, 4.69) is 52.8 Å². The Morgan fingerprint density at radius 1 is 0.767 bits per heavy atom. The van der Waals surface area contributed by atoms with Gasteiger partial charge in [0.1, 0.15) is 0 Å². The molecule has 3 heterocycles. The largest absolute Gasteiger partial charge is 0.478 e. The van der Waals surface area contributed by atoms with E-state index in [1.807, 2.05) is 18.5 Å². The fourth-order valence-electron chi connectivity index (χ4n) is 3.06. The topological polar surface area (TPSA) is 126 Å². The van der Waals surface area contributed by atoms with Crippen LogP contribution in [0.3, 0.4) is 0 Å². The van der Waals surface area contributed by atoms with Crippen molar-refractivity contribution in [2.75, 3.05) is 0 Å². The molecule has 4 aromatic rings. The maximum atomic E-state index is 10.6. The van der Waals surface area contributed by atoms with Gasteiger partial charge < -0.3 is 10.2 Å². The van der Waals surface area contributed by atoms with Gasteiger partial charge in [-0.1, -0.05) is 27.2 Å². The Balaban J connectivity index is 0.000000348. The van der Waals surface area contributed by atoms with Gasteiger partial charge in [0.25, 0.3) is 0 Å². The van der Waals surface area contributed by atoms with Crippen molar-refractivity contribution < 1.29 is 65.1 Å². The number of hydrogen-bond acceptors (Lipinski definition) is 6. The Kier molecular flexibility index (Phi) is 12.2. The van der Waals surface area contributed by atoms with E-state index in [1.54, 1.807) is 0 Å². The van der Waals surface area contributed by atoms with Crippen LogP contribution in [0.15, 0.2) is 61.2 Å². The van der Waals surface area contributed by atoms with Crippen LogP contribution >= 0.6 is 7.81 Å². The summed E-state index contributed by atoms with van der Waals surface area (Å²) in [5.74, 6) is -1.35. The number of aromatic nitrogens is 4. The van der Waals surface area contributed by atoms with E-state index in [-0.39, 0.29) is 31.2 Å². The Morgan fingerprint density at radius 2 is 1.21 bits per heavy atom. The van der Waals surface area contributed by atoms with Gasteiger partial charge in [0.15, 0.2) is 0 Å². The van der Waals surface area contributed by atoms with Crippen LogP contribution in [0.2, 0.25) is 0 Å². The third-order valence-electron chi connectivity index (χ3n) is 5.20. The maximum absolute atomic E-state index is 10.7. The van der Waals surface area contributed by atoms with Crippen LogP contribution in [0.4, 0.5) is 25.2 Å². The molecule has 2 N–H and O–H groups in total. The summed E-state index contributed by atoms with van der Waals surface area (Å²) in [6.07, 6.45) is 8.44. The summed E-state index contributed by atoms with van der Waals surface area (Å²) in [6.45, 7) is 6.34. The number of hydrogen-bond donors (Lipinski definition) is 2. The van der Waals surface area contributed by atoms with Crippen LogP contribution in [-0.2, 0) is 26.5 Å². The van der Waals surface area contributed by atoms with E-state index in [0.29, 0.717) is 11.4 Å². The second kappa shape index (κ2) is 14.1. The van der Waals surface area contributed by atoms with E-state index in [0.717, 1.165) is 24.2 Å². The van der Waals surface area contributed by atoms with Crippen molar-refractivity contribution in [3.63, 3.8) is 0 Å². The fourth-order valence-corrected chi connectivity index (χ4v) is 3.06. The number of carboxylic acid groups (broad SMARTS) is 2. The van der Waals surface area contributed by atoms with Crippen molar-refractivity contribution in [3.8, 4) is 22.8 Å². The molecule has 0 atom stereocenters. The molecule has 0 fully saturated rings. The third-order valence-corrected chi connectivity index (χ3v) is 5.20. The molecule has 235 valence electrons. The molecule has 0 aliphatic rings. The second-order valence-corrected chi connectivity index (χ2v) is 10.7. The van der Waals surface area contributed by atoms with E-state index in [1.165, 1.54) is 53.3 Å². The van der Waals surface area contributed by atoms with Crippen LogP contribution < -0.4 is 0 Å². The fraction of sp³-hybridized carbons (Fsp3) is 0.185. The Morgan fingerprint density at radius 3 is 1.53 bits per heavy atom. The van der Waals surface area contributed by atoms with Gasteiger partial charge in [0, 0.05) is 44.9 Å². The summed E-state index contributed by atoms with van der Waals surface area (Å²) >= 11 is 0. The molecule has 0 saturated carbocycles. The average Bonchev–Trinajstić information content (AvgIpc) is 2.90. The molecule has 0 amide bonds. The Labute approximate surface area is 255 Å². The minimum absolute atomic E-state index is 0. The number of aryl methyl sites for hydroxylation is 3. The minimum Gasteiger partial charge on any atom is -0.478 e. The molecule has 3 aromatic heterocycles. The molecule has 1 radical (unpaired) electrons. The monoisotopic (exact) mass is 807 g/mol. The molecule has 0 aliphatic carbocycles. The molecule has 16 heteroatoms. The van der Waals surface area contributed by atoms with E-state index in [4.69, 9.17) is 10.2 Å². The number of aromatic carboxylic acids is 2. The quantitative estimate of drug-likeness (QED) is 0.113. The zero-order valence-corrected chi connectivity index (χ0v) is 26.0. The van der Waals surface area contributed by atoms with Crippen molar-refractivity contribution in [2.45, 2.75) is 33.6 Å². The van der Waals surface area contributed by atoms with Crippen molar-refractivity contribution >= 4 is 19.7 Å². The zero-order valence-electron chi connectivity index (χ0n) is 22.7. The summed E-state index contributed by atoms with van der Waals surface area (Å²) in [7, 11) is -10.7. The third kappa shape index (κ3) is 14.8. The number of benzene rings is 1. The number of nitrogens with zero attached hydrogens (tertiary/aromatic N) is 4.